The molecule has 0 aliphatic carbocycles. The van der Waals surface area contributed by atoms with E-state index in [1.807, 2.05) is 30.7 Å². The van der Waals surface area contributed by atoms with Crippen molar-refractivity contribution in [3.8, 4) is 0 Å². The van der Waals surface area contributed by atoms with Crippen molar-refractivity contribution < 1.29 is 69.4 Å². The maximum absolute atomic E-state index is 13.2. The molecule has 0 saturated carbocycles. The Hall–Kier alpha value is -1.80. The van der Waals surface area contributed by atoms with E-state index in [4.69, 9.17) is 0 Å². The molecular formula is C40H59KN6O4S. The Labute approximate surface area is 355 Å². The Morgan fingerprint density at radius 1 is 0.981 bits per heavy atom. The van der Waals surface area contributed by atoms with Crippen LogP contribution in [0.3, 0.4) is 0 Å². The van der Waals surface area contributed by atoms with Crippen LogP contribution in [0.5, 0.6) is 0 Å². The van der Waals surface area contributed by atoms with Gasteiger partial charge in [-0.15, -0.1) is 0 Å². The molecule has 2 aliphatic heterocycles. The number of amides is 2. The second-order valence-electron chi connectivity index (χ2n) is 16.3. The molecular weight excluding hydrogens is 700 g/mol. The molecule has 3 aromatic rings. The van der Waals surface area contributed by atoms with Gasteiger partial charge in [0.15, 0.2) is 0 Å². The van der Waals surface area contributed by atoms with Crippen molar-refractivity contribution in [1.29, 1.82) is 0 Å². The molecule has 12 heteroatoms. The van der Waals surface area contributed by atoms with Crippen LogP contribution in [0.4, 0.5) is 0 Å². The summed E-state index contributed by atoms with van der Waals surface area (Å²) < 4.78 is 27.7. The predicted octanol–water partition coefficient (Wildman–Crippen LogP) is 4.21. The number of hydrogen-bond donors (Lipinski definition) is 1. The number of piperidine rings is 1. The molecule has 4 heterocycles. The van der Waals surface area contributed by atoms with Crippen LogP contribution in [0.15, 0.2) is 66.3 Å². The van der Waals surface area contributed by atoms with Gasteiger partial charge in [0.05, 0.1) is 12.7 Å². The zero-order chi connectivity index (χ0) is 36.9. The normalized spacial score (nSPS) is 20.0. The van der Waals surface area contributed by atoms with Crippen LogP contribution < -0.4 is 56.7 Å². The van der Waals surface area contributed by atoms with Crippen molar-refractivity contribution in [3.63, 3.8) is 0 Å². The third-order valence-electron chi connectivity index (χ3n) is 11.9. The Kier molecular flexibility index (Phi) is 15.4. The molecule has 280 valence electrons. The third-order valence-corrected chi connectivity index (χ3v) is 12.5. The first-order valence-electron chi connectivity index (χ1n) is 18.8. The summed E-state index contributed by atoms with van der Waals surface area (Å²) in [6, 6.07) is 9.91. The van der Waals surface area contributed by atoms with E-state index >= 15 is 0 Å². The fraction of sp³-hybridized carbons (Fsp3) is 0.625. The van der Waals surface area contributed by atoms with Crippen LogP contribution in [0, 0.1) is 0 Å². The van der Waals surface area contributed by atoms with Crippen molar-refractivity contribution >= 4 is 22.5 Å². The van der Waals surface area contributed by atoms with Gasteiger partial charge in [0.25, 0.3) is 0 Å². The van der Waals surface area contributed by atoms with Gasteiger partial charge in [-0.05, 0) is 127 Å². The van der Waals surface area contributed by atoms with E-state index in [1.54, 1.807) is 18.3 Å². The maximum atomic E-state index is 13.2. The molecule has 0 radical (unpaired) electrons. The van der Waals surface area contributed by atoms with Gasteiger partial charge < -0.3 is 27.8 Å². The minimum atomic E-state index is -2.29. The van der Waals surface area contributed by atoms with Crippen LogP contribution in [0.25, 0.3) is 0 Å². The molecule has 1 aromatic carbocycles. The Morgan fingerprint density at radius 2 is 1.67 bits per heavy atom. The van der Waals surface area contributed by atoms with Gasteiger partial charge in [-0.25, -0.2) is 4.98 Å². The van der Waals surface area contributed by atoms with E-state index in [0.717, 1.165) is 69.0 Å². The van der Waals surface area contributed by atoms with E-state index in [2.05, 4.69) is 90.2 Å². The summed E-state index contributed by atoms with van der Waals surface area (Å²) in [5.41, 5.74) is 2.11. The van der Waals surface area contributed by atoms with Crippen molar-refractivity contribution in [1.82, 2.24) is 29.2 Å². The molecule has 5 rings (SSSR count). The zero-order valence-corrected chi connectivity index (χ0v) is 36.7. The number of nitrogens with one attached hydrogen (secondary N) is 1. The summed E-state index contributed by atoms with van der Waals surface area (Å²) >= 11 is 0. The van der Waals surface area contributed by atoms with Gasteiger partial charge in [-0.1, -0.05) is 36.1 Å². The van der Waals surface area contributed by atoms with Crippen molar-refractivity contribution in [2.24, 2.45) is 0 Å². The molecule has 2 fully saturated rings. The Morgan fingerprint density at radius 3 is 2.25 bits per heavy atom. The first-order valence-corrected chi connectivity index (χ1v) is 19.9. The molecule has 52 heavy (non-hydrogen) atoms. The number of likely N-dealkylation sites (tertiary alicyclic amines) is 2. The smallest absolute Gasteiger partial charge is 0.420 e. The summed E-state index contributed by atoms with van der Waals surface area (Å²) in [5.74, 6) is 0.411. The number of carbonyl (C=O) groups is 2. The number of carbonyl (C=O) groups excluding carboxylic acids is 2. The minimum absolute atomic E-state index is 0. The van der Waals surface area contributed by atoms with E-state index < -0.39 is 10.7 Å². The Balaban J connectivity index is 0.00000605. The van der Waals surface area contributed by atoms with E-state index in [1.165, 1.54) is 0 Å². The second-order valence-corrected chi connectivity index (χ2v) is 17.3. The summed E-state index contributed by atoms with van der Waals surface area (Å²) in [5, 5.41) is 3.33. The van der Waals surface area contributed by atoms with Crippen molar-refractivity contribution in [2.45, 2.75) is 152 Å². The first-order chi connectivity index (χ1) is 24.2. The summed E-state index contributed by atoms with van der Waals surface area (Å²) in [6.45, 7) is 14.2. The SMILES string of the molecule is CCC(CC(CC(CCC(C)n1ccc(CC(=O)NC2CC(C)(C)N(C)C(C)(C)C2)c1)c1ccc([S-](=O)=O)cc1)N1CCCC1=O)n1ccnc1.[K+]. The van der Waals surface area contributed by atoms with Gasteiger partial charge in [-0.2, -0.15) is 0 Å². The van der Waals surface area contributed by atoms with Gasteiger partial charge in [0.2, 0.25) is 11.8 Å². The number of rotatable bonds is 16. The molecule has 2 aromatic heterocycles. The largest absolute Gasteiger partial charge is 1.00 e. The monoisotopic (exact) mass is 758 g/mol. The van der Waals surface area contributed by atoms with E-state index in [-0.39, 0.29) is 109 Å². The van der Waals surface area contributed by atoms with Crippen LogP contribution in [-0.2, 0) is 35.1 Å². The number of aromatic nitrogens is 3. The van der Waals surface area contributed by atoms with Crippen molar-refractivity contribution in [2.75, 3.05) is 13.6 Å². The number of benzene rings is 1. The third kappa shape index (κ3) is 10.9. The number of nitrogens with zero attached hydrogens (tertiary/aromatic N) is 5. The molecule has 2 amide bonds. The van der Waals surface area contributed by atoms with E-state index in [0.29, 0.717) is 12.8 Å². The van der Waals surface area contributed by atoms with Gasteiger partial charge in [0, 0.05) is 73.0 Å². The van der Waals surface area contributed by atoms with Gasteiger partial charge in [-0.3, -0.25) is 14.5 Å². The molecule has 10 nitrogen and oxygen atoms in total. The van der Waals surface area contributed by atoms with Crippen LogP contribution in [0.2, 0.25) is 0 Å². The van der Waals surface area contributed by atoms with Crippen LogP contribution in [-0.4, -0.2) is 72.5 Å². The molecule has 1 N–H and O–H groups in total. The summed E-state index contributed by atoms with van der Waals surface area (Å²) in [4.78, 5) is 35.4. The standard InChI is InChI=1S/C40H59N6O4S.K/c1-8-34(45-21-18-41-28-45)24-35(46-19-9-10-38(46)48)23-32(31-13-15-36(16-14-31)51(49)50)12-11-29(2)44-20-17-30(27-44)22-37(47)42-33-25-39(3,4)43(7)40(5,6)26-33;/h13-18,20-21,27-29,32-35H,8-12,19,22-26H2,1-7H3,(H,42,47);/q-1;+1. The molecule has 2 saturated heterocycles. The first kappa shape index (κ1) is 42.9. The van der Waals surface area contributed by atoms with Gasteiger partial charge >= 0.3 is 51.4 Å². The molecule has 4 atom stereocenters. The molecule has 0 bridgehead atoms. The maximum Gasteiger partial charge on any atom is 1.00 e. The van der Waals surface area contributed by atoms with E-state index in [9.17, 15) is 18.0 Å². The topological polar surface area (TPSA) is 110 Å². The van der Waals surface area contributed by atoms with Crippen molar-refractivity contribution in [3.05, 3.63) is 72.6 Å². The molecule has 0 spiro atoms. The molecule has 2 aliphatic rings. The molecule has 4 unspecified atom stereocenters. The van der Waals surface area contributed by atoms with Crippen LogP contribution in [0.1, 0.15) is 128 Å². The fourth-order valence-electron chi connectivity index (χ4n) is 8.67. The summed E-state index contributed by atoms with van der Waals surface area (Å²) in [7, 11) is -0.112. The Bertz CT molecular complexity index is 1660. The average molecular weight is 759 g/mol. The quantitative estimate of drug-likeness (QED) is 0.173. The van der Waals surface area contributed by atoms with Crippen LogP contribution >= 0.6 is 0 Å². The fourth-order valence-corrected chi connectivity index (χ4v) is 9.03. The number of imidazole rings is 1. The number of hydrogen-bond acceptors (Lipinski definition) is 7. The zero-order valence-electron chi connectivity index (χ0n) is 32.7. The predicted molar refractivity (Wildman–Crippen MR) is 201 cm³/mol. The average Bonchev–Trinajstić information content (AvgIpc) is 3.86. The minimum Gasteiger partial charge on any atom is -0.420 e. The summed E-state index contributed by atoms with van der Waals surface area (Å²) in [6.07, 6.45) is 17.8. The second kappa shape index (κ2) is 18.7. The van der Waals surface area contributed by atoms with Gasteiger partial charge in [0.1, 0.15) is 0 Å².